The van der Waals surface area contributed by atoms with E-state index in [9.17, 15) is 14.4 Å². The van der Waals surface area contributed by atoms with Gasteiger partial charge >= 0.3 is 0 Å². The van der Waals surface area contributed by atoms with Crippen molar-refractivity contribution >= 4 is 17.3 Å². The molecule has 0 heterocycles. The van der Waals surface area contributed by atoms with Gasteiger partial charge in [-0.3, -0.25) is 14.4 Å². The summed E-state index contributed by atoms with van der Waals surface area (Å²) < 4.78 is 0. The highest BCUT2D eigenvalue weighted by atomic mass is 16.1. The molecule has 1 fully saturated rings. The lowest BCUT2D eigenvalue weighted by atomic mass is 9.77. The molecule has 1 saturated carbocycles. The molecule has 0 radical (unpaired) electrons. The monoisotopic (exact) mass is 396 g/mol. The molecular weight excluding hydrogens is 348 g/mol. The van der Waals surface area contributed by atoms with Crippen LogP contribution in [0.25, 0.3) is 0 Å². The van der Waals surface area contributed by atoms with Crippen LogP contribution in [-0.4, -0.2) is 17.3 Å². The Hall–Kier alpha value is -0.990. The predicted octanol–water partition coefficient (Wildman–Crippen LogP) is 7.06. The van der Waals surface area contributed by atoms with E-state index in [1.165, 1.54) is 19.3 Å². The summed E-state index contributed by atoms with van der Waals surface area (Å²) in [6, 6.07) is 0. The highest BCUT2D eigenvalue weighted by Crippen LogP contribution is 2.32. The van der Waals surface area contributed by atoms with Crippen molar-refractivity contribution in [3.63, 3.8) is 0 Å². The zero-order valence-corrected chi connectivity index (χ0v) is 20.9. The molecule has 1 aliphatic rings. The van der Waals surface area contributed by atoms with E-state index in [4.69, 9.17) is 0 Å². The Kier molecular flexibility index (Phi) is 12.4. The summed E-state index contributed by atoms with van der Waals surface area (Å²) in [5.74, 6) is 2.26. The first-order valence-electron chi connectivity index (χ1n) is 10.9. The average Bonchev–Trinajstić information content (AvgIpc) is 2.40. The lowest BCUT2D eigenvalue weighted by molar-refractivity contribution is -0.128. The molecule has 0 aromatic heterocycles. The quantitative estimate of drug-likeness (QED) is 0.511. The third-order valence-electron chi connectivity index (χ3n) is 5.02. The van der Waals surface area contributed by atoms with Crippen LogP contribution in [0.2, 0.25) is 0 Å². The molecule has 1 aliphatic carbocycles. The third-order valence-corrected chi connectivity index (χ3v) is 5.02. The van der Waals surface area contributed by atoms with Crippen LogP contribution in [0.15, 0.2) is 0 Å². The first-order chi connectivity index (χ1) is 12.3. The first-order valence-corrected chi connectivity index (χ1v) is 10.9. The Morgan fingerprint density at radius 2 is 1.11 bits per heavy atom. The van der Waals surface area contributed by atoms with Gasteiger partial charge in [-0.2, -0.15) is 0 Å². The van der Waals surface area contributed by atoms with Crippen molar-refractivity contribution < 1.29 is 14.4 Å². The zero-order chi connectivity index (χ0) is 22.9. The smallest absolute Gasteiger partial charge is 0.138 e. The van der Waals surface area contributed by atoms with Crippen LogP contribution in [-0.2, 0) is 14.4 Å². The number of Topliss-reactive ketones (excluding diaryl/α,β-unsaturated/α-hetero) is 3. The third kappa shape index (κ3) is 15.0. The number of hydrogen-bond acceptors (Lipinski definition) is 3. The highest BCUT2D eigenvalue weighted by Gasteiger charge is 2.27. The molecule has 0 saturated heterocycles. The van der Waals surface area contributed by atoms with Gasteiger partial charge in [0.05, 0.1) is 0 Å². The second-order valence-corrected chi connectivity index (χ2v) is 11.8. The fourth-order valence-electron chi connectivity index (χ4n) is 1.94. The number of hydrogen-bond donors (Lipinski definition) is 0. The zero-order valence-electron chi connectivity index (χ0n) is 20.9. The second-order valence-electron chi connectivity index (χ2n) is 11.8. The Morgan fingerprint density at radius 1 is 0.750 bits per heavy atom. The van der Waals surface area contributed by atoms with Crippen molar-refractivity contribution in [2.24, 2.45) is 28.1 Å². The van der Waals surface area contributed by atoms with E-state index in [0.29, 0.717) is 23.9 Å². The Morgan fingerprint density at radius 3 is 1.25 bits per heavy atom. The van der Waals surface area contributed by atoms with Crippen molar-refractivity contribution in [3.8, 4) is 0 Å². The molecule has 0 aliphatic heterocycles. The van der Waals surface area contributed by atoms with Gasteiger partial charge in [0.25, 0.3) is 0 Å². The van der Waals surface area contributed by atoms with E-state index in [1.807, 2.05) is 62.3 Å². The van der Waals surface area contributed by atoms with Crippen molar-refractivity contribution in [2.75, 3.05) is 0 Å². The van der Waals surface area contributed by atoms with Crippen LogP contribution in [0, 0.1) is 28.1 Å². The van der Waals surface area contributed by atoms with Gasteiger partial charge in [0.1, 0.15) is 17.3 Å². The SMILES string of the molecule is CC(=O)C(C)(C)C.CC(C)(C)C(=O)CC1CCC1.CC(C)CC(=O)C(C)(C)C. The molecule has 3 heteroatoms. The molecule has 0 N–H and O–H groups in total. The van der Waals surface area contributed by atoms with E-state index in [1.54, 1.807) is 6.92 Å². The normalized spacial score (nSPS) is 14.9. The Balaban J connectivity index is 0. The lowest BCUT2D eigenvalue weighted by Gasteiger charge is -2.27. The standard InChI is InChI=1S/C10H18O.C9H18O.C6H12O/c1-10(2,3)9(11)7-8-5-4-6-8;1-7(2)6-8(10)9(3,4)5;1-5(7)6(2,3)4/h8H,4-7H2,1-3H3;7H,6H2,1-5H3;1-4H3. The predicted molar refractivity (Wildman–Crippen MR) is 120 cm³/mol. The van der Waals surface area contributed by atoms with Crippen LogP contribution in [0.4, 0.5) is 0 Å². The summed E-state index contributed by atoms with van der Waals surface area (Å²) in [4.78, 5) is 33.2. The van der Waals surface area contributed by atoms with Gasteiger partial charge in [-0.05, 0) is 18.8 Å². The largest absolute Gasteiger partial charge is 0.299 e. The van der Waals surface area contributed by atoms with Crippen LogP contribution >= 0.6 is 0 Å². The van der Waals surface area contributed by atoms with Gasteiger partial charge in [-0.15, -0.1) is 0 Å². The van der Waals surface area contributed by atoms with Gasteiger partial charge < -0.3 is 0 Å². The molecule has 0 atom stereocenters. The van der Waals surface area contributed by atoms with E-state index in [-0.39, 0.29) is 22.0 Å². The summed E-state index contributed by atoms with van der Waals surface area (Å²) in [5, 5.41) is 0. The molecule has 166 valence electrons. The van der Waals surface area contributed by atoms with Crippen molar-refractivity contribution in [2.45, 2.75) is 115 Å². The van der Waals surface area contributed by atoms with Crippen molar-refractivity contribution in [3.05, 3.63) is 0 Å². The van der Waals surface area contributed by atoms with Crippen LogP contribution in [0.3, 0.4) is 0 Å². The highest BCUT2D eigenvalue weighted by molar-refractivity contribution is 5.84. The van der Waals surface area contributed by atoms with Gasteiger partial charge in [0, 0.05) is 29.1 Å². The molecule has 0 aromatic carbocycles. The van der Waals surface area contributed by atoms with Gasteiger partial charge in [-0.25, -0.2) is 0 Å². The average molecular weight is 397 g/mol. The van der Waals surface area contributed by atoms with Crippen molar-refractivity contribution in [1.29, 1.82) is 0 Å². The molecule has 3 nitrogen and oxygen atoms in total. The summed E-state index contributed by atoms with van der Waals surface area (Å²) in [6.07, 6.45) is 5.43. The summed E-state index contributed by atoms with van der Waals surface area (Å²) >= 11 is 0. The van der Waals surface area contributed by atoms with Crippen molar-refractivity contribution in [1.82, 2.24) is 0 Å². The van der Waals surface area contributed by atoms with E-state index in [2.05, 4.69) is 13.8 Å². The minimum absolute atomic E-state index is 0.115. The van der Waals surface area contributed by atoms with Crippen LogP contribution in [0.1, 0.15) is 115 Å². The topological polar surface area (TPSA) is 51.2 Å². The Bertz CT molecular complexity index is 489. The second kappa shape index (κ2) is 11.9. The van der Waals surface area contributed by atoms with Crippen LogP contribution < -0.4 is 0 Å². The molecule has 0 unspecified atom stereocenters. The molecule has 28 heavy (non-hydrogen) atoms. The van der Waals surface area contributed by atoms with E-state index in [0.717, 1.165) is 12.3 Å². The maximum absolute atomic E-state index is 11.5. The molecule has 1 rings (SSSR count). The number of carbonyl (C=O) groups is 3. The number of ketones is 3. The van der Waals surface area contributed by atoms with Gasteiger partial charge in [0.2, 0.25) is 0 Å². The maximum Gasteiger partial charge on any atom is 0.138 e. The Labute approximate surface area is 175 Å². The molecule has 0 spiro atoms. The maximum atomic E-state index is 11.5. The lowest BCUT2D eigenvalue weighted by Crippen LogP contribution is -2.25. The van der Waals surface area contributed by atoms with Crippen LogP contribution in [0.5, 0.6) is 0 Å². The summed E-state index contributed by atoms with van der Waals surface area (Å²) in [7, 11) is 0. The van der Waals surface area contributed by atoms with Gasteiger partial charge in [0.15, 0.2) is 0 Å². The minimum atomic E-state index is -0.149. The molecule has 0 amide bonds. The van der Waals surface area contributed by atoms with E-state index < -0.39 is 0 Å². The molecule has 0 aromatic rings. The van der Waals surface area contributed by atoms with Gasteiger partial charge in [-0.1, -0.05) is 95.4 Å². The summed E-state index contributed by atoms with van der Waals surface area (Å²) in [6.45, 7) is 23.4. The fourth-order valence-corrected chi connectivity index (χ4v) is 1.94. The fraction of sp³-hybridized carbons (Fsp3) is 0.880. The molecular formula is C25H48O3. The number of carbonyl (C=O) groups excluding carboxylic acids is 3. The van der Waals surface area contributed by atoms with E-state index >= 15 is 0 Å². The molecule has 0 bridgehead atoms. The number of rotatable bonds is 4. The minimum Gasteiger partial charge on any atom is -0.299 e. The summed E-state index contributed by atoms with van der Waals surface area (Å²) in [5.41, 5.74) is -0.403. The first kappa shape index (κ1) is 29.2.